The van der Waals surface area contributed by atoms with Gasteiger partial charge >= 0.3 is 0 Å². The molecule has 2 aromatic rings. The third-order valence-electron chi connectivity index (χ3n) is 4.33. The van der Waals surface area contributed by atoms with Crippen LogP contribution >= 0.6 is 11.8 Å². The number of hydrogen-bond acceptors (Lipinski definition) is 5. The van der Waals surface area contributed by atoms with Gasteiger partial charge in [-0.25, -0.2) is 13.4 Å². The van der Waals surface area contributed by atoms with E-state index in [1.807, 2.05) is 30.0 Å². The van der Waals surface area contributed by atoms with E-state index in [9.17, 15) is 8.42 Å². The quantitative estimate of drug-likeness (QED) is 0.547. The summed E-state index contributed by atoms with van der Waals surface area (Å²) in [7, 11) is -3.40. The van der Waals surface area contributed by atoms with Gasteiger partial charge in [0.1, 0.15) is 10.7 Å². The van der Waals surface area contributed by atoms with Gasteiger partial charge in [0.25, 0.3) is 0 Å². The Morgan fingerprint density at radius 1 is 1.04 bits per heavy atom. The first-order valence-electron chi connectivity index (χ1n) is 9.04. The second kappa shape index (κ2) is 9.39. The zero-order chi connectivity index (χ0) is 18.2. The molecule has 140 valence electrons. The summed E-state index contributed by atoms with van der Waals surface area (Å²) in [5, 5.41) is 3.26. The fourth-order valence-corrected chi connectivity index (χ4v) is 5.22. The van der Waals surface area contributed by atoms with Gasteiger partial charge in [0.05, 0.1) is 0 Å². The molecule has 3 rings (SSSR count). The van der Waals surface area contributed by atoms with Crippen LogP contribution in [0.1, 0.15) is 25.7 Å². The Hall–Kier alpha value is -1.57. The van der Waals surface area contributed by atoms with E-state index in [2.05, 4.69) is 22.4 Å². The molecule has 1 aliphatic rings. The second-order valence-electron chi connectivity index (χ2n) is 6.29. The molecule has 0 saturated carbocycles. The molecule has 26 heavy (non-hydrogen) atoms. The number of rotatable bonds is 8. The van der Waals surface area contributed by atoms with E-state index in [-0.39, 0.29) is 4.90 Å². The monoisotopic (exact) mass is 391 g/mol. The normalized spacial score (nSPS) is 15.7. The largest absolute Gasteiger partial charge is 0.370 e. The van der Waals surface area contributed by atoms with Crippen LogP contribution in [-0.2, 0) is 10.0 Å². The third kappa shape index (κ3) is 5.22. The minimum absolute atomic E-state index is 0.282. The van der Waals surface area contributed by atoms with Crippen molar-refractivity contribution in [2.45, 2.75) is 35.5 Å². The Labute approximate surface area is 160 Å². The second-order valence-corrected chi connectivity index (χ2v) is 9.39. The van der Waals surface area contributed by atoms with Crippen LogP contribution in [-0.4, -0.2) is 43.1 Å². The molecule has 0 spiro atoms. The van der Waals surface area contributed by atoms with E-state index >= 15 is 0 Å². The summed E-state index contributed by atoms with van der Waals surface area (Å²) < 4.78 is 26.8. The SMILES string of the molecule is O=S(=O)(c1ccc(NCCCSc2ccccc2)nc1)N1CCCCC1. The molecular weight excluding hydrogens is 366 g/mol. The van der Waals surface area contributed by atoms with Crippen molar-refractivity contribution in [1.29, 1.82) is 0 Å². The average Bonchev–Trinajstić information content (AvgIpc) is 2.69. The first-order chi connectivity index (χ1) is 12.7. The maximum Gasteiger partial charge on any atom is 0.244 e. The fraction of sp³-hybridized carbons (Fsp3) is 0.421. The molecule has 5 nitrogen and oxygen atoms in total. The van der Waals surface area contributed by atoms with Crippen LogP contribution in [0.5, 0.6) is 0 Å². The summed E-state index contributed by atoms with van der Waals surface area (Å²) >= 11 is 1.83. The standard InChI is InChI=1S/C19H25N3O2S2/c23-26(24,22-13-5-2-6-14-22)18-10-11-19(21-16-18)20-12-7-15-25-17-8-3-1-4-9-17/h1,3-4,8-11,16H,2,5-7,12-15H2,(H,20,21). The van der Waals surface area contributed by atoms with Crippen molar-refractivity contribution in [2.75, 3.05) is 30.7 Å². The van der Waals surface area contributed by atoms with Crippen molar-refractivity contribution in [3.8, 4) is 0 Å². The zero-order valence-electron chi connectivity index (χ0n) is 14.8. The van der Waals surface area contributed by atoms with Gasteiger partial charge in [-0.2, -0.15) is 4.31 Å². The number of thioether (sulfide) groups is 1. The summed E-state index contributed by atoms with van der Waals surface area (Å²) in [4.78, 5) is 5.83. The van der Waals surface area contributed by atoms with Crippen molar-refractivity contribution in [1.82, 2.24) is 9.29 Å². The molecule has 1 fully saturated rings. The van der Waals surface area contributed by atoms with E-state index < -0.39 is 10.0 Å². The highest BCUT2D eigenvalue weighted by Gasteiger charge is 2.25. The molecule has 0 radical (unpaired) electrons. The molecule has 7 heteroatoms. The van der Waals surface area contributed by atoms with Crippen LogP contribution in [0.25, 0.3) is 0 Å². The number of pyridine rings is 1. The lowest BCUT2D eigenvalue weighted by atomic mass is 10.2. The maximum atomic E-state index is 12.6. The summed E-state index contributed by atoms with van der Waals surface area (Å²) in [5.41, 5.74) is 0. The molecular formula is C19H25N3O2S2. The van der Waals surface area contributed by atoms with Gasteiger partial charge in [-0.1, -0.05) is 24.6 Å². The number of piperidine rings is 1. The fourth-order valence-electron chi connectivity index (χ4n) is 2.89. The lowest BCUT2D eigenvalue weighted by Gasteiger charge is -2.25. The van der Waals surface area contributed by atoms with Crippen LogP contribution in [0.15, 0.2) is 58.5 Å². The molecule has 0 unspecified atom stereocenters. The van der Waals surface area contributed by atoms with Gasteiger partial charge in [-0.15, -0.1) is 11.8 Å². The maximum absolute atomic E-state index is 12.6. The molecule has 0 atom stereocenters. The van der Waals surface area contributed by atoms with E-state index in [0.717, 1.165) is 38.0 Å². The van der Waals surface area contributed by atoms with Gasteiger partial charge < -0.3 is 5.32 Å². The third-order valence-corrected chi connectivity index (χ3v) is 7.31. The number of benzene rings is 1. The van der Waals surface area contributed by atoms with E-state index in [1.165, 1.54) is 11.1 Å². The Bertz CT molecular complexity index is 774. The predicted octanol–water partition coefficient (Wildman–Crippen LogP) is 3.85. The Kier molecular flexibility index (Phi) is 6.93. The van der Waals surface area contributed by atoms with Crippen LogP contribution < -0.4 is 5.32 Å². The summed E-state index contributed by atoms with van der Waals surface area (Å²) in [6, 6.07) is 13.7. The zero-order valence-corrected chi connectivity index (χ0v) is 16.4. The Morgan fingerprint density at radius 3 is 2.50 bits per heavy atom. The summed E-state index contributed by atoms with van der Waals surface area (Å²) in [5.74, 6) is 1.74. The average molecular weight is 392 g/mol. The molecule has 0 amide bonds. The van der Waals surface area contributed by atoms with Gasteiger partial charge in [0, 0.05) is 30.7 Å². The van der Waals surface area contributed by atoms with Gasteiger partial charge in [-0.05, 0) is 49.3 Å². The lowest BCUT2D eigenvalue weighted by molar-refractivity contribution is 0.346. The summed E-state index contributed by atoms with van der Waals surface area (Å²) in [6.45, 7) is 2.04. The number of nitrogens with zero attached hydrogens (tertiary/aromatic N) is 2. The van der Waals surface area contributed by atoms with Crippen LogP contribution in [0, 0.1) is 0 Å². The van der Waals surface area contributed by atoms with Crippen molar-refractivity contribution < 1.29 is 8.42 Å². The van der Waals surface area contributed by atoms with Gasteiger partial charge in [0.15, 0.2) is 0 Å². The highest BCUT2D eigenvalue weighted by molar-refractivity contribution is 7.99. The van der Waals surface area contributed by atoms with Crippen LogP contribution in [0.2, 0.25) is 0 Å². The molecule has 1 N–H and O–H groups in total. The molecule has 0 bridgehead atoms. The minimum Gasteiger partial charge on any atom is -0.370 e. The Morgan fingerprint density at radius 2 is 1.81 bits per heavy atom. The van der Waals surface area contributed by atoms with Crippen molar-refractivity contribution in [3.05, 3.63) is 48.7 Å². The molecule has 1 saturated heterocycles. The van der Waals surface area contributed by atoms with Crippen LogP contribution in [0.4, 0.5) is 5.82 Å². The van der Waals surface area contributed by atoms with Gasteiger partial charge in [-0.3, -0.25) is 0 Å². The number of sulfonamides is 1. The van der Waals surface area contributed by atoms with Crippen LogP contribution in [0.3, 0.4) is 0 Å². The summed E-state index contributed by atoms with van der Waals surface area (Å²) in [6.07, 6.45) is 5.45. The molecule has 1 aliphatic heterocycles. The van der Waals surface area contributed by atoms with E-state index in [1.54, 1.807) is 16.4 Å². The molecule has 1 aromatic carbocycles. The van der Waals surface area contributed by atoms with E-state index in [4.69, 9.17) is 0 Å². The Balaban J connectivity index is 1.45. The first-order valence-corrected chi connectivity index (χ1v) is 11.5. The number of anilines is 1. The predicted molar refractivity (Wildman–Crippen MR) is 107 cm³/mol. The van der Waals surface area contributed by atoms with Crippen molar-refractivity contribution >= 4 is 27.6 Å². The van der Waals surface area contributed by atoms with Crippen molar-refractivity contribution in [3.63, 3.8) is 0 Å². The van der Waals surface area contributed by atoms with Crippen molar-refractivity contribution in [2.24, 2.45) is 0 Å². The lowest BCUT2D eigenvalue weighted by Crippen LogP contribution is -2.35. The number of nitrogens with one attached hydrogen (secondary N) is 1. The number of aromatic nitrogens is 1. The minimum atomic E-state index is -3.40. The highest BCUT2D eigenvalue weighted by atomic mass is 32.2. The smallest absolute Gasteiger partial charge is 0.244 e. The van der Waals surface area contributed by atoms with Gasteiger partial charge in [0.2, 0.25) is 10.0 Å². The highest BCUT2D eigenvalue weighted by Crippen LogP contribution is 2.21. The first kappa shape index (κ1) is 19.2. The van der Waals surface area contributed by atoms with E-state index in [0.29, 0.717) is 18.9 Å². The number of hydrogen-bond donors (Lipinski definition) is 1. The molecule has 0 aliphatic carbocycles. The molecule has 2 heterocycles. The molecule has 1 aromatic heterocycles. The topological polar surface area (TPSA) is 62.3 Å².